The number of nitrogens with one attached hydrogen (secondary N) is 1. The van der Waals surface area contributed by atoms with Crippen LogP contribution in [0.4, 0.5) is 0 Å². The summed E-state index contributed by atoms with van der Waals surface area (Å²) in [6.07, 6.45) is 1.64. The van der Waals surface area contributed by atoms with Crippen molar-refractivity contribution in [1.29, 1.82) is 0 Å². The molecular weight excluding hydrogens is 232 g/mol. The van der Waals surface area contributed by atoms with Gasteiger partial charge in [-0.05, 0) is 26.0 Å². The van der Waals surface area contributed by atoms with Gasteiger partial charge in [0, 0.05) is 25.2 Å². The smallest absolute Gasteiger partial charge is 0.309 e. The zero-order valence-electron chi connectivity index (χ0n) is 10.8. The van der Waals surface area contributed by atoms with Crippen LogP contribution in [0.5, 0.6) is 0 Å². The first-order valence-corrected chi connectivity index (χ1v) is 6.19. The first-order chi connectivity index (χ1) is 8.46. The molecule has 2 heterocycles. The summed E-state index contributed by atoms with van der Waals surface area (Å²) >= 11 is 0. The van der Waals surface area contributed by atoms with Crippen LogP contribution in [-0.2, 0) is 11.3 Å². The topological polar surface area (TPSA) is 65.7 Å². The van der Waals surface area contributed by atoms with Crippen molar-refractivity contribution in [3.05, 3.63) is 24.2 Å². The molecule has 0 saturated carbocycles. The van der Waals surface area contributed by atoms with Crippen LogP contribution in [0.2, 0.25) is 0 Å². The lowest BCUT2D eigenvalue weighted by molar-refractivity contribution is -0.142. The van der Waals surface area contributed by atoms with Crippen LogP contribution in [0.3, 0.4) is 0 Å². The third kappa shape index (κ3) is 3.34. The van der Waals surface area contributed by atoms with E-state index in [1.165, 1.54) is 0 Å². The van der Waals surface area contributed by atoms with Gasteiger partial charge in [-0.2, -0.15) is 0 Å². The maximum Gasteiger partial charge on any atom is 0.309 e. The Bertz CT molecular complexity index is 400. The summed E-state index contributed by atoms with van der Waals surface area (Å²) in [5, 5.41) is 12.5. The Morgan fingerprint density at radius 1 is 1.67 bits per heavy atom. The monoisotopic (exact) mass is 252 g/mol. The van der Waals surface area contributed by atoms with E-state index in [4.69, 9.17) is 4.42 Å². The second-order valence-corrected chi connectivity index (χ2v) is 5.55. The molecule has 18 heavy (non-hydrogen) atoms. The third-order valence-electron chi connectivity index (χ3n) is 3.23. The van der Waals surface area contributed by atoms with Gasteiger partial charge in [-0.1, -0.05) is 0 Å². The Labute approximate surface area is 107 Å². The van der Waals surface area contributed by atoms with Gasteiger partial charge in [-0.25, -0.2) is 0 Å². The van der Waals surface area contributed by atoms with Crippen LogP contribution in [0.1, 0.15) is 19.6 Å². The fourth-order valence-corrected chi connectivity index (χ4v) is 2.36. The molecule has 5 nitrogen and oxygen atoms in total. The Kier molecular flexibility index (Phi) is 3.73. The van der Waals surface area contributed by atoms with Crippen molar-refractivity contribution in [2.45, 2.75) is 25.9 Å². The molecule has 1 atom stereocenters. The van der Waals surface area contributed by atoms with E-state index in [1.54, 1.807) is 6.26 Å². The first-order valence-electron chi connectivity index (χ1n) is 6.19. The van der Waals surface area contributed by atoms with Gasteiger partial charge in [0.25, 0.3) is 0 Å². The normalized spacial score (nSPS) is 24.7. The number of nitrogens with zero attached hydrogens (tertiary/aromatic N) is 1. The Morgan fingerprint density at radius 2 is 2.44 bits per heavy atom. The summed E-state index contributed by atoms with van der Waals surface area (Å²) in [4.78, 5) is 13.3. The lowest BCUT2D eigenvalue weighted by atomic mass is 10.1. The maximum absolute atomic E-state index is 11.2. The molecule has 0 amide bonds. The number of aliphatic carboxylic acids is 1. The van der Waals surface area contributed by atoms with Crippen LogP contribution in [0.15, 0.2) is 22.8 Å². The van der Waals surface area contributed by atoms with Gasteiger partial charge in [0.1, 0.15) is 5.76 Å². The molecular formula is C13H20N2O3. The molecule has 1 aliphatic heterocycles. The van der Waals surface area contributed by atoms with Crippen molar-refractivity contribution < 1.29 is 14.3 Å². The number of carbonyl (C=O) groups is 1. The summed E-state index contributed by atoms with van der Waals surface area (Å²) in [6, 6.07) is 3.77. The predicted octanol–water partition coefficient (Wildman–Crippen LogP) is 1.16. The Morgan fingerprint density at radius 3 is 3.06 bits per heavy atom. The quantitative estimate of drug-likeness (QED) is 0.845. The van der Waals surface area contributed by atoms with E-state index in [0.717, 1.165) is 12.3 Å². The molecule has 1 unspecified atom stereocenters. The summed E-state index contributed by atoms with van der Waals surface area (Å²) in [6.45, 7) is 6.70. The lowest BCUT2D eigenvalue weighted by Gasteiger charge is -2.29. The molecule has 100 valence electrons. The molecule has 1 fully saturated rings. The van der Waals surface area contributed by atoms with Gasteiger partial charge in [0.05, 0.1) is 18.7 Å². The standard InChI is InChI=1S/C13H20N2O3/c1-13(2)9-15(8-11-4-3-5-18-11)7-10(6-14-13)12(16)17/h3-5,10,14H,6-9H2,1-2H3,(H,16,17). The molecule has 0 aliphatic carbocycles. The average molecular weight is 252 g/mol. The van der Waals surface area contributed by atoms with E-state index in [0.29, 0.717) is 19.6 Å². The van der Waals surface area contributed by atoms with E-state index >= 15 is 0 Å². The number of carboxylic acid groups (broad SMARTS) is 1. The van der Waals surface area contributed by atoms with Crippen molar-refractivity contribution in [2.75, 3.05) is 19.6 Å². The highest BCUT2D eigenvalue weighted by Gasteiger charge is 2.31. The molecule has 2 rings (SSSR count). The summed E-state index contributed by atoms with van der Waals surface area (Å²) < 4.78 is 5.33. The highest BCUT2D eigenvalue weighted by Crippen LogP contribution is 2.17. The second kappa shape index (κ2) is 5.12. The molecule has 1 aromatic rings. The molecule has 2 N–H and O–H groups in total. The Balaban J connectivity index is 2.08. The van der Waals surface area contributed by atoms with Crippen molar-refractivity contribution in [2.24, 2.45) is 5.92 Å². The van der Waals surface area contributed by atoms with Crippen molar-refractivity contribution >= 4 is 5.97 Å². The number of furan rings is 1. The van der Waals surface area contributed by atoms with Crippen LogP contribution in [-0.4, -0.2) is 41.1 Å². The molecule has 5 heteroatoms. The van der Waals surface area contributed by atoms with E-state index in [1.807, 2.05) is 12.1 Å². The van der Waals surface area contributed by atoms with Gasteiger partial charge < -0.3 is 14.8 Å². The SMILES string of the molecule is CC1(C)CN(Cc2ccco2)CC(C(=O)O)CN1. The predicted molar refractivity (Wildman–Crippen MR) is 67.2 cm³/mol. The van der Waals surface area contributed by atoms with Crippen LogP contribution in [0.25, 0.3) is 0 Å². The fraction of sp³-hybridized carbons (Fsp3) is 0.615. The zero-order valence-corrected chi connectivity index (χ0v) is 10.8. The van der Waals surface area contributed by atoms with E-state index < -0.39 is 5.97 Å². The van der Waals surface area contributed by atoms with Gasteiger partial charge in [-0.3, -0.25) is 9.69 Å². The van der Waals surface area contributed by atoms with Crippen molar-refractivity contribution in [1.82, 2.24) is 10.2 Å². The fourth-order valence-electron chi connectivity index (χ4n) is 2.36. The van der Waals surface area contributed by atoms with Crippen molar-refractivity contribution in [3.8, 4) is 0 Å². The van der Waals surface area contributed by atoms with Gasteiger partial charge >= 0.3 is 5.97 Å². The largest absolute Gasteiger partial charge is 0.481 e. The number of hydrogen-bond donors (Lipinski definition) is 2. The molecule has 1 saturated heterocycles. The van der Waals surface area contributed by atoms with Gasteiger partial charge in [0.15, 0.2) is 0 Å². The first kappa shape index (κ1) is 13.1. The average Bonchev–Trinajstić information content (AvgIpc) is 2.70. The van der Waals surface area contributed by atoms with E-state index in [9.17, 15) is 9.90 Å². The maximum atomic E-state index is 11.2. The van der Waals surface area contributed by atoms with E-state index in [2.05, 4.69) is 24.1 Å². The molecule has 1 aromatic heterocycles. The molecule has 0 bridgehead atoms. The Hall–Kier alpha value is -1.33. The number of rotatable bonds is 3. The van der Waals surface area contributed by atoms with Gasteiger partial charge in [0.2, 0.25) is 0 Å². The van der Waals surface area contributed by atoms with Gasteiger partial charge in [-0.15, -0.1) is 0 Å². The second-order valence-electron chi connectivity index (χ2n) is 5.55. The van der Waals surface area contributed by atoms with Crippen LogP contribution in [0, 0.1) is 5.92 Å². The minimum atomic E-state index is -0.746. The molecule has 0 spiro atoms. The third-order valence-corrected chi connectivity index (χ3v) is 3.23. The zero-order chi connectivity index (χ0) is 13.2. The summed E-state index contributed by atoms with van der Waals surface area (Å²) in [5.74, 6) is -0.247. The minimum absolute atomic E-state index is 0.0865. The van der Waals surface area contributed by atoms with E-state index in [-0.39, 0.29) is 11.5 Å². The molecule has 0 aromatic carbocycles. The van der Waals surface area contributed by atoms with Crippen molar-refractivity contribution in [3.63, 3.8) is 0 Å². The highest BCUT2D eigenvalue weighted by molar-refractivity contribution is 5.70. The lowest BCUT2D eigenvalue weighted by Crippen LogP contribution is -2.46. The van der Waals surface area contributed by atoms with Crippen LogP contribution >= 0.6 is 0 Å². The summed E-state index contributed by atoms with van der Waals surface area (Å²) in [5.41, 5.74) is -0.0865. The number of carboxylic acids is 1. The number of hydrogen-bond acceptors (Lipinski definition) is 4. The minimum Gasteiger partial charge on any atom is -0.481 e. The molecule has 0 radical (unpaired) electrons. The summed E-state index contributed by atoms with van der Waals surface area (Å²) in [7, 11) is 0. The van der Waals surface area contributed by atoms with Crippen LogP contribution < -0.4 is 5.32 Å². The molecule has 1 aliphatic rings. The highest BCUT2D eigenvalue weighted by atomic mass is 16.4.